The van der Waals surface area contributed by atoms with Crippen molar-refractivity contribution >= 4 is 23.8 Å². The highest BCUT2D eigenvalue weighted by atomic mass is 35.5. The molecule has 0 aliphatic heterocycles. The standard InChI is InChI=1S/C17H22ClN5O3/c1-6-26-12-8-10(7-11(18)13(12)25-5)9-19-22-16-20-15(24)14(21-23-16)17(2,3)4/h7-9H,6H2,1-5H3,(H2,20,22,23,24)/b19-9+. The summed E-state index contributed by atoms with van der Waals surface area (Å²) in [7, 11) is 1.52. The van der Waals surface area contributed by atoms with Crippen molar-refractivity contribution in [3.63, 3.8) is 0 Å². The van der Waals surface area contributed by atoms with Gasteiger partial charge in [0.1, 0.15) is 5.69 Å². The van der Waals surface area contributed by atoms with E-state index in [1.165, 1.54) is 13.3 Å². The minimum atomic E-state index is -0.391. The summed E-state index contributed by atoms with van der Waals surface area (Å²) in [6.45, 7) is 8.01. The zero-order chi connectivity index (χ0) is 19.3. The molecular weight excluding hydrogens is 358 g/mol. The Morgan fingerprint density at radius 3 is 2.65 bits per heavy atom. The fourth-order valence-corrected chi connectivity index (χ4v) is 2.47. The molecule has 0 amide bonds. The number of rotatable bonds is 6. The Kier molecular flexibility index (Phi) is 6.20. The van der Waals surface area contributed by atoms with Gasteiger partial charge in [0.15, 0.2) is 11.5 Å². The number of anilines is 1. The lowest BCUT2D eigenvalue weighted by molar-refractivity contribution is 0.311. The van der Waals surface area contributed by atoms with Crippen LogP contribution >= 0.6 is 11.6 Å². The lowest BCUT2D eigenvalue weighted by Gasteiger charge is -2.15. The summed E-state index contributed by atoms with van der Waals surface area (Å²) >= 11 is 6.19. The third-order valence-corrected chi connectivity index (χ3v) is 3.61. The highest BCUT2D eigenvalue weighted by molar-refractivity contribution is 6.32. The molecule has 8 nitrogen and oxygen atoms in total. The van der Waals surface area contributed by atoms with Crippen LogP contribution in [0.4, 0.5) is 5.95 Å². The molecule has 2 rings (SSSR count). The molecule has 0 spiro atoms. The van der Waals surface area contributed by atoms with Crippen LogP contribution in [-0.4, -0.2) is 35.1 Å². The third-order valence-electron chi connectivity index (χ3n) is 3.33. The summed E-state index contributed by atoms with van der Waals surface area (Å²) in [4.78, 5) is 14.7. The summed E-state index contributed by atoms with van der Waals surface area (Å²) in [5.74, 6) is 1.13. The van der Waals surface area contributed by atoms with Crippen LogP contribution in [0.25, 0.3) is 0 Å². The van der Waals surface area contributed by atoms with Crippen LogP contribution in [0.1, 0.15) is 39.0 Å². The molecule has 0 aliphatic rings. The third kappa shape index (κ3) is 4.72. The van der Waals surface area contributed by atoms with E-state index in [0.29, 0.717) is 34.4 Å². The first-order chi connectivity index (χ1) is 12.3. The van der Waals surface area contributed by atoms with Crippen molar-refractivity contribution in [1.29, 1.82) is 0 Å². The molecular formula is C17H22ClN5O3. The summed E-state index contributed by atoms with van der Waals surface area (Å²) in [6, 6.07) is 3.43. The summed E-state index contributed by atoms with van der Waals surface area (Å²) in [6.07, 6.45) is 1.52. The topological polar surface area (TPSA) is 101 Å². The van der Waals surface area contributed by atoms with E-state index in [-0.39, 0.29) is 11.5 Å². The maximum Gasteiger partial charge on any atom is 0.274 e. The van der Waals surface area contributed by atoms with Crippen molar-refractivity contribution in [3.8, 4) is 11.5 Å². The van der Waals surface area contributed by atoms with Crippen LogP contribution in [-0.2, 0) is 5.41 Å². The van der Waals surface area contributed by atoms with E-state index in [9.17, 15) is 4.79 Å². The maximum absolute atomic E-state index is 12.1. The number of hydrogen-bond donors (Lipinski definition) is 2. The van der Waals surface area contributed by atoms with E-state index >= 15 is 0 Å². The summed E-state index contributed by atoms with van der Waals surface area (Å²) in [5, 5.41) is 12.3. The Hall–Kier alpha value is -2.61. The van der Waals surface area contributed by atoms with Gasteiger partial charge in [0, 0.05) is 5.41 Å². The fraction of sp³-hybridized carbons (Fsp3) is 0.412. The second-order valence-corrected chi connectivity index (χ2v) is 6.85. The van der Waals surface area contributed by atoms with Crippen molar-refractivity contribution in [2.24, 2.45) is 5.10 Å². The lowest BCUT2D eigenvalue weighted by Crippen LogP contribution is -2.28. The van der Waals surface area contributed by atoms with Crippen molar-refractivity contribution in [1.82, 2.24) is 15.2 Å². The Bertz CT molecular complexity index is 858. The summed E-state index contributed by atoms with van der Waals surface area (Å²) in [5.41, 5.74) is 2.98. The number of methoxy groups -OCH3 is 1. The summed E-state index contributed by atoms with van der Waals surface area (Å²) < 4.78 is 10.7. The number of H-pyrrole nitrogens is 1. The van der Waals surface area contributed by atoms with E-state index in [1.54, 1.807) is 12.1 Å². The first kappa shape index (κ1) is 19.7. The number of nitrogens with one attached hydrogen (secondary N) is 2. The van der Waals surface area contributed by atoms with Crippen LogP contribution in [0, 0.1) is 0 Å². The molecule has 0 saturated carbocycles. The molecule has 0 saturated heterocycles. The number of ether oxygens (including phenoxy) is 2. The number of hydrazone groups is 1. The van der Waals surface area contributed by atoms with Crippen LogP contribution in [0.3, 0.4) is 0 Å². The van der Waals surface area contributed by atoms with E-state index in [2.05, 4.69) is 25.7 Å². The molecule has 2 aromatic rings. The zero-order valence-corrected chi connectivity index (χ0v) is 16.1. The van der Waals surface area contributed by atoms with E-state index < -0.39 is 5.41 Å². The van der Waals surface area contributed by atoms with Gasteiger partial charge in [0.25, 0.3) is 5.56 Å². The van der Waals surface area contributed by atoms with Crippen LogP contribution in [0.5, 0.6) is 11.5 Å². The van der Waals surface area contributed by atoms with Gasteiger partial charge in [-0.05, 0) is 24.6 Å². The number of aromatic amines is 1. The number of hydrogen-bond acceptors (Lipinski definition) is 7. The number of halogens is 1. The molecule has 0 unspecified atom stereocenters. The molecule has 1 heterocycles. The van der Waals surface area contributed by atoms with Gasteiger partial charge in [-0.3, -0.25) is 9.78 Å². The number of benzene rings is 1. The van der Waals surface area contributed by atoms with Gasteiger partial charge in [-0.25, -0.2) is 5.43 Å². The molecule has 0 atom stereocenters. The van der Waals surface area contributed by atoms with Gasteiger partial charge >= 0.3 is 0 Å². The predicted octanol–water partition coefficient (Wildman–Crippen LogP) is 2.97. The minimum Gasteiger partial charge on any atom is -0.491 e. The Labute approximate surface area is 156 Å². The van der Waals surface area contributed by atoms with Crippen molar-refractivity contribution in [2.45, 2.75) is 33.1 Å². The molecule has 0 bridgehead atoms. The monoisotopic (exact) mass is 379 g/mol. The van der Waals surface area contributed by atoms with Crippen molar-refractivity contribution in [3.05, 3.63) is 38.8 Å². The van der Waals surface area contributed by atoms with Gasteiger partial charge in [-0.2, -0.15) is 5.10 Å². The molecule has 0 aliphatic carbocycles. The van der Waals surface area contributed by atoms with Gasteiger partial charge in [-0.1, -0.05) is 32.4 Å². The first-order valence-corrected chi connectivity index (χ1v) is 8.41. The Balaban J connectivity index is 2.18. The molecule has 9 heteroatoms. The van der Waals surface area contributed by atoms with E-state index in [1.807, 2.05) is 27.7 Å². The van der Waals surface area contributed by atoms with Gasteiger partial charge in [-0.15, -0.1) is 10.2 Å². The Morgan fingerprint density at radius 1 is 1.35 bits per heavy atom. The second kappa shape index (κ2) is 8.18. The average molecular weight is 380 g/mol. The molecule has 0 radical (unpaired) electrons. The SMILES string of the molecule is CCOc1cc(/C=N/Nc2nnc(C(C)(C)C)c(=O)[nH]2)cc(Cl)c1OC. The Morgan fingerprint density at radius 2 is 2.08 bits per heavy atom. The van der Waals surface area contributed by atoms with Gasteiger partial charge in [0.05, 0.1) is 25.0 Å². The highest BCUT2D eigenvalue weighted by Crippen LogP contribution is 2.35. The average Bonchev–Trinajstić information content (AvgIpc) is 2.54. The minimum absolute atomic E-state index is 0.142. The maximum atomic E-state index is 12.1. The van der Waals surface area contributed by atoms with Crippen LogP contribution in [0.15, 0.2) is 22.0 Å². The van der Waals surface area contributed by atoms with Gasteiger partial charge < -0.3 is 9.47 Å². The fourth-order valence-electron chi connectivity index (χ4n) is 2.17. The van der Waals surface area contributed by atoms with Crippen LogP contribution < -0.4 is 20.5 Å². The van der Waals surface area contributed by atoms with Crippen molar-refractivity contribution < 1.29 is 9.47 Å². The predicted molar refractivity (Wildman–Crippen MR) is 102 cm³/mol. The normalized spacial score (nSPS) is 11.6. The largest absolute Gasteiger partial charge is 0.491 e. The first-order valence-electron chi connectivity index (χ1n) is 8.03. The molecule has 2 N–H and O–H groups in total. The molecule has 26 heavy (non-hydrogen) atoms. The lowest BCUT2D eigenvalue weighted by atomic mass is 9.93. The molecule has 140 valence electrons. The second-order valence-electron chi connectivity index (χ2n) is 6.44. The molecule has 1 aromatic heterocycles. The molecule has 1 aromatic carbocycles. The zero-order valence-electron chi connectivity index (χ0n) is 15.4. The van der Waals surface area contributed by atoms with E-state index in [4.69, 9.17) is 21.1 Å². The quantitative estimate of drug-likeness (QED) is 0.591. The highest BCUT2D eigenvalue weighted by Gasteiger charge is 2.20. The molecule has 0 fully saturated rings. The number of aromatic nitrogens is 3. The number of nitrogens with zero attached hydrogens (tertiary/aromatic N) is 3. The van der Waals surface area contributed by atoms with Crippen LogP contribution in [0.2, 0.25) is 5.02 Å². The smallest absolute Gasteiger partial charge is 0.274 e. The van der Waals surface area contributed by atoms with Crippen molar-refractivity contribution in [2.75, 3.05) is 19.1 Å². The van der Waals surface area contributed by atoms with E-state index in [0.717, 1.165) is 0 Å². The van der Waals surface area contributed by atoms with Gasteiger partial charge in [0.2, 0.25) is 5.95 Å².